The molecule has 0 unspecified atom stereocenters. The summed E-state index contributed by atoms with van der Waals surface area (Å²) in [6.07, 6.45) is 3.79. The first-order valence-electron chi connectivity index (χ1n) is 8.05. The van der Waals surface area contributed by atoms with E-state index in [0.29, 0.717) is 0 Å². The molecule has 3 nitrogen and oxygen atoms in total. The molecule has 0 aliphatic rings. The Morgan fingerprint density at radius 2 is 1.75 bits per heavy atom. The lowest BCUT2D eigenvalue weighted by Gasteiger charge is -2.06. The number of aryl methyl sites for hydroxylation is 2. The van der Waals surface area contributed by atoms with Crippen LogP contribution in [0.2, 0.25) is 0 Å². The third kappa shape index (κ3) is 1.75. The van der Waals surface area contributed by atoms with Gasteiger partial charge in [-0.05, 0) is 35.4 Å². The minimum atomic E-state index is 0.912. The van der Waals surface area contributed by atoms with E-state index in [1.807, 2.05) is 24.0 Å². The smallest absolute Gasteiger partial charge is 0.146 e. The lowest BCUT2D eigenvalue weighted by Crippen LogP contribution is -1.94. The van der Waals surface area contributed by atoms with Crippen molar-refractivity contribution in [1.29, 1.82) is 0 Å². The zero-order valence-electron chi connectivity index (χ0n) is 13.6. The summed E-state index contributed by atoms with van der Waals surface area (Å²) >= 11 is 0. The molecule has 0 radical (unpaired) electrons. The molecule has 24 heavy (non-hydrogen) atoms. The zero-order chi connectivity index (χ0) is 16.3. The van der Waals surface area contributed by atoms with Crippen molar-refractivity contribution < 1.29 is 4.42 Å². The van der Waals surface area contributed by atoms with Crippen molar-refractivity contribution in [3.63, 3.8) is 0 Å². The number of hydrogen-bond donors (Lipinski definition) is 0. The fourth-order valence-corrected chi connectivity index (χ4v) is 3.51. The number of furan rings is 1. The van der Waals surface area contributed by atoms with E-state index in [-0.39, 0.29) is 0 Å². The van der Waals surface area contributed by atoms with Crippen molar-refractivity contribution in [1.82, 2.24) is 9.55 Å². The van der Waals surface area contributed by atoms with Crippen LogP contribution in [0.5, 0.6) is 0 Å². The van der Waals surface area contributed by atoms with Gasteiger partial charge in [0.25, 0.3) is 0 Å². The molecule has 0 aliphatic carbocycles. The second kappa shape index (κ2) is 4.71. The maximum atomic E-state index is 6.30. The van der Waals surface area contributed by atoms with E-state index in [4.69, 9.17) is 4.42 Å². The molecular weight excluding hydrogens is 296 g/mol. The van der Waals surface area contributed by atoms with Gasteiger partial charge in [-0.15, -0.1) is 0 Å². The fraction of sp³-hybridized carbons (Fsp3) is 0.0952. The van der Waals surface area contributed by atoms with Gasteiger partial charge in [0, 0.05) is 30.2 Å². The van der Waals surface area contributed by atoms with E-state index < -0.39 is 0 Å². The van der Waals surface area contributed by atoms with Gasteiger partial charge < -0.3 is 8.98 Å². The highest BCUT2D eigenvalue weighted by atomic mass is 16.3. The van der Waals surface area contributed by atoms with E-state index >= 15 is 0 Å². The Kier molecular flexibility index (Phi) is 2.63. The summed E-state index contributed by atoms with van der Waals surface area (Å²) in [5, 5.41) is 4.71. The topological polar surface area (TPSA) is 31.0 Å². The molecule has 0 N–H and O–H groups in total. The summed E-state index contributed by atoms with van der Waals surface area (Å²) in [7, 11) is 2.01. The van der Waals surface area contributed by atoms with Crippen LogP contribution in [-0.2, 0) is 7.05 Å². The maximum absolute atomic E-state index is 6.30. The molecule has 0 saturated carbocycles. The zero-order valence-corrected chi connectivity index (χ0v) is 13.6. The average Bonchev–Trinajstić information content (AvgIpc) is 3.16. The molecule has 0 saturated heterocycles. The van der Waals surface area contributed by atoms with Crippen LogP contribution in [0.1, 0.15) is 5.56 Å². The van der Waals surface area contributed by atoms with E-state index in [1.165, 1.54) is 16.3 Å². The van der Waals surface area contributed by atoms with Gasteiger partial charge in [-0.1, -0.05) is 36.4 Å². The van der Waals surface area contributed by atoms with Crippen LogP contribution in [0.3, 0.4) is 0 Å². The van der Waals surface area contributed by atoms with Gasteiger partial charge in [-0.25, -0.2) is 4.98 Å². The van der Waals surface area contributed by atoms with Gasteiger partial charge >= 0.3 is 0 Å². The lowest BCUT2D eigenvalue weighted by atomic mass is 10.0. The number of benzene rings is 3. The van der Waals surface area contributed by atoms with Crippen LogP contribution in [0.4, 0.5) is 0 Å². The first-order chi connectivity index (χ1) is 11.7. The number of imidazole rings is 1. The maximum Gasteiger partial charge on any atom is 0.146 e. The first-order valence-corrected chi connectivity index (χ1v) is 8.05. The van der Waals surface area contributed by atoms with Crippen LogP contribution < -0.4 is 0 Å². The number of aromatic nitrogens is 2. The second-order valence-corrected chi connectivity index (χ2v) is 6.29. The molecular formula is C21H16N2O. The molecule has 0 fully saturated rings. The Labute approximate surface area is 139 Å². The largest absolute Gasteiger partial charge is 0.455 e. The monoisotopic (exact) mass is 312 g/mol. The van der Waals surface area contributed by atoms with Crippen molar-refractivity contribution in [2.24, 2.45) is 7.05 Å². The highest BCUT2D eigenvalue weighted by Crippen LogP contribution is 2.38. The van der Waals surface area contributed by atoms with Gasteiger partial charge in [0.15, 0.2) is 0 Å². The predicted octanol–water partition coefficient (Wildman–Crippen LogP) is 5.45. The third-order valence-electron chi connectivity index (χ3n) is 4.76. The van der Waals surface area contributed by atoms with Crippen molar-refractivity contribution in [2.75, 3.05) is 0 Å². The summed E-state index contributed by atoms with van der Waals surface area (Å²) in [6, 6.07) is 17.0. The van der Waals surface area contributed by atoms with E-state index in [1.54, 1.807) is 0 Å². The molecule has 0 bridgehead atoms. The minimum Gasteiger partial charge on any atom is -0.455 e. The highest BCUT2D eigenvalue weighted by molar-refractivity contribution is 6.13. The number of fused-ring (bicyclic) bond motifs is 4. The van der Waals surface area contributed by atoms with Gasteiger partial charge in [-0.2, -0.15) is 0 Å². The van der Waals surface area contributed by atoms with Crippen LogP contribution in [0.15, 0.2) is 65.3 Å². The van der Waals surface area contributed by atoms with Crippen molar-refractivity contribution in [2.45, 2.75) is 6.92 Å². The lowest BCUT2D eigenvalue weighted by molar-refractivity contribution is 0.669. The fourth-order valence-electron chi connectivity index (χ4n) is 3.51. The standard InChI is InChI=1S/C21H16N2O/c1-13-7-8-16-17-11-14-5-3-4-6-15(14)12-18(17)24-20(16)19(13)21-22-9-10-23(21)2/h3-12H,1-2H3. The quantitative estimate of drug-likeness (QED) is 0.412. The third-order valence-corrected chi connectivity index (χ3v) is 4.76. The Morgan fingerprint density at radius 1 is 0.958 bits per heavy atom. The summed E-state index contributed by atoms with van der Waals surface area (Å²) in [5.74, 6) is 0.932. The molecule has 5 rings (SSSR count). The van der Waals surface area contributed by atoms with Gasteiger partial charge in [0.1, 0.15) is 17.0 Å². The van der Waals surface area contributed by atoms with Gasteiger partial charge in [0.05, 0.1) is 5.56 Å². The number of hydrogen-bond acceptors (Lipinski definition) is 2. The van der Waals surface area contributed by atoms with Crippen molar-refractivity contribution in [3.05, 3.63) is 66.5 Å². The molecule has 3 aromatic carbocycles. The predicted molar refractivity (Wildman–Crippen MR) is 98.2 cm³/mol. The molecule has 0 spiro atoms. The van der Waals surface area contributed by atoms with Crippen LogP contribution in [0.25, 0.3) is 44.1 Å². The summed E-state index contributed by atoms with van der Waals surface area (Å²) in [5.41, 5.74) is 4.07. The Morgan fingerprint density at radius 3 is 2.50 bits per heavy atom. The van der Waals surface area contributed by atoms with E-state index in [0.717, 1.165) is 33.3 Å². The first kappa shape index (κ1) is 13.4. The molecule has 0 atom stereocenters. The summed E-state index contributed by atoms with van der Waals surface area (Å²) in [6.45, 7) is 2.10. The molecule has 0 aliphatic heterocycles. The Hall–Kier alpha value is -3.07. The summed E-state index contributed by atoms with van der Waals surface area (Å²) < 4.78 is 8.33. The highest BCUT2D eigenvalue weighted by Gasteiger charge is 2.17. The molecule has 5 aromatic rings. The molecule has 0 amide bonds. The average molecular weight is 312 g/mol. The molecule has 2 heterocycles. The van der Waals surface area contributed by atoms with Gasteiger partial charge in [0.2, 0.25) is 0 Å². The Balaban J connectivity index is 1.95. The number of rotatable bonds is 1. The molecule has 2 aromatic heterocycles. The second-order valence-electron chi connectivity index (χ2n) is 6.29. The molecule has 116 valence electrons. The minimum absolute atomic E-state index is 0.912. The van der Waals surface area contributed by atoms with E-state index in [9.17, 15) is 0 Å². The van der Waals surface area contributed by atoms with Crippen LogP contribution in [0, 0.1) is 6.92 Å². The van der Waals surface area contributed by atoms with Crippen LogP contribution in [-0.4, -0.2) is 9.55 Å². The number of nitrogens with zero attached hydrogens (tertiary/aromatic N) is 2. The van der Waals surface area contributed by atoms with Crippen molar-refractivity contribution in [3.8, 4) is 11.4 Å². The van der Waals surface area contributed by atoms with Gasteiger partial charge in [-0.3, -0.25) is 0 Å². The van der Waals surface area contributed by atoms with Crippen LogP contribution >= 0.6 is 0 Å². The Bertz CT molecular complexity index is 1230. The van der Waals surface area contributed by atoms with E-state index in [2.05, 4.69) is 60.4 Å². The normalized spacial score (nSPS) is 11.8. The SMILES string of the molecule is Cc1ccc2c(oc3cc4ccccc4cc32)c1-c1nccn1C. The van der Waals surface area contributed by atoms with Crippen molar-refractivity contribution >= 4 is 32.7 Å². The molecule has 3 heteroatoms. The summed E-state index contributed by atoms with van der Waals surface area (Å²) in [4.78, 5) is 4.53.